The highest BCUT2D eigenvalue weighted by molar-refractivity contribution is 7.10. The number of rotatable bonds is 5. The predicted molar refractivity (Wildman–Crippen MR) is 71.9 cm³/mol. The van der Waals surface area contributed by atoms with Crippen LogP contribution >= 0.6 is 11.3 Å². The van der Waals surface area contributed by atoms with Crippen LogP contribution in [0.1, 0.15) is 50.4 Å². The third-order valence-corrected chi connectivity index (χ3v) is 4.42. The van der Waals surface area contributed by atoms with Gasteiger partial charge >= 0.3 is 0 Å². The summed E-state index contributed by atoms with van der Waals surface area (Å²) in [7, 11) is 0. The van der Waals surface area contributed by atoms with E-state index in [1.807, 2.05) is 11.3 Å². The number of nitrogens with one attached hydrogen (secondary N) is 1. The zero-order chi connectivity index (χ0) is 11.4. The predicted octanol–water partition coefficient (Wildman–Crippen LogP) is 4.23. The zero-order valence-electron chi connectivity index (χ0n) is 10.4. The monoisotopic (exact) mass is 237 g/mol. The Kier molecular flexibility index (Phi) is 4.42. The molecule has 0 bridgehead atoms. The van der Waals surface area contributed by atoms with E-state index in [4.69, 9.17) is 0 Å². The van der Waals surface area contributed by atoms with Crippen molar-refractivity contribution in [2.45, 2.75) is 45.6 Å². The molecule has 1 aliphatic rings. The summed E-state index contributed by atoms with van der Waals surface area (Å²) in [5.74, 6) is 1.61. The summed E-state index contributed by atoms with van der Waals surface area (Å²) in [6, 6.07) is 5.09. The van der Waals surface area contributed by atoms with E-state index >= 15 is 0 Å². The molecule has 1 aromatic heterocycles. The normalized spacial score (nSPS) is 19.4. The first-order valence-electron chi connectivity index (χ1n) is 6.54. The second-order valence-electron chi connectivity index (χ2n) is 5.34. The van der Waals surface area contributed by atoms with Crippen molar-refractivity contribution in [3.05, 3.63) is 22.4 Å². The molecule has 90 valence electrons. The molecule has 1 atom stereocenters. The summed E-state index contributed by atoms with van der Waals surface area (Å²) in [4.78, 5) is 1.53. The second-order valence-corrected chi connectivity index (χ2v) is 6.32. The Hall–Kier alpha value is -0.340. The lowest BCUT2D eigenvalue weighted by molar-refractivity contribution is 0.355. The minimum atomic E-state index is 0.616. The highest BCUT2D eigenvalue weighted by Crippen LogP contribution is 2.37. The van der Waals surface area contributed by atoms with E-state index in [0.717, 1.165) is 18.4 Å². The molecule has 0 amide bonds. The maximum Gasteiger partial charge on any atom is 0.0443 e. The summed E-state index contributed by atoms with van der Waals surface area (Å²) in [6.45, 7) is 5.71. The van der Waals surface area contributed by atoms with Gasteiger partial charge in [-0.2, -0.15) is 0 Å². The van der Waals surface area contributed by atoms with E-state index in [-0.39, 0.29) is 0 Å². The fraction of sp³-hybridized carbons (Fsp3) is 0.714. The largest absolute Gasteiger partial charge is 0.309 e. The van der Waals surface area contributed by atoms with Crippen molar-refractivity contribution in [3.8, 4) is 0 Å². The van der Waals surface area contributed by atoms with Crippen LogP contribution in [0.5, 0.6) is 0 Å². The van der Waals surface area contributed by atoms with Gasteiger partial charge in [0, 0.05) is 10.9 Å². The second kappa shape index (κ2) is 5.83. The van der Waals surface area contributed by atoms with Crippen molar-refractivity contribution in [2.24, 2.45) is 11.8 Å². The lowest BCUT2D eigenvalue weighted by Crippen LogP contribution is -2.29. The molecule has 0 aliphatic heterocycles. The van der Waals surface area contributed by atoms with Crippen LogP contribution in [-0.2, 0) is 0 Å². The van der Waals surface area contributed by atoms with Crippen LogP contribution in [0.3, 0.4) is 0 Å². The first kappa shape index (κ1) is 12.1. The molecule has 0 spiro atoms. The lowest BCUT2D eigenvalue weighted by Gasteiger charge is -2.24. The molecule has 1 N–H and O–H groups in total. The molecule has 1 aromatic rings. The Morgan fingerprint density at radius 1 is 1.38 bits per heavy atom. The highest BCUT2D eigenvalue weighted by atomic mass is 32.1. The molecule has 1 heterocycles. The number of hydrogen-bond donors (Lipinski definition) is 1. The van der Waals surface area contributed by atoms with Crippen LogP contribution in [0, 0.1) is 11.8 Å². The van der Waals surface area contributed by atoms with Crippen LogP contribution in [0.25, 0.3) is 0 Å². The Morgan fingerprint density at radius 2 is 2.12 bits per heavy atom. The van der Waals surface area contributed by atoms with Gasteiger partial charge in [0.2, 0.25) is 0 Å². The van der Waals surface area contributed by atoms with E-state index in [2.05, 4.69) is 36.7 Å². The van der Waals surface area contributed by atoms with Crippen molar-refractivity contribution in [2.75, 3.05) is 6.54 Å². The summed E-state index contributed by atoms with van der Waals surface area (Å²) in [5, 5.41) is 5.98. The molecule has 0 radical (unpaired) electrons. The quantitative estimate of drug-likeness (QED) is 0.808. The van der Waals surface area contributed by atoms with Gasteiger partial charge in [-0.05, 0) is 42.7 Å². The van der Waals surface area contributed by atoms with E-state index in [1.54, 1.807) is 0 Å². The third kappa shape index (κ3) is 3.08. The van der Waals surface area contributed by atoms with Gasteiger partial charge in [-0.15, -0.1) is 11.3 Å². The number of hydrogen-bond acceptors (Lipinski definition) is 2. The fourth-order valence-electron chi connectivity index (χ4n) is 2.62. The topological polar surface area (TPSA) is 12.0 Å². The summed E-state index contributed by atoms with van der Waals surface area (Å²) in [6.07, 6.45) is 5.67. The van der Waals surface area contributed by atoms with Crippen molar-refractivity contribution < 1.29 is 0 Å². The standard InChI is InChI=1S/C14H23NS/c1-11(2)10-15-14(12-6-3-4-7-12)13-8-5-9-16-13/h5,8-9,11-12,14-15H,3-4,6-7,10H2,1-2H3. The maximum atomic E-state index is 3.77. The van der Waals surface area contributed by atoms with Crippen LogP contribution in [0.2, 0.25) is 0 Å². The van der Waals surface area contributed by atoms with Crippen LogP contribution in [0.4, 0.5) is 0 Å². The van der Waals surface area contributed by atoms with E-state index < -0.39 is 0 Å². The van der Waals surface area contributed by atoms with Gasteiger partial charge in [-0.3, -0.25) is 0 Å². The van der Waals surface area contributed by atoms with Crippen LogP contribution < -0.4 is 5.32 Å². The van der Waals surface area contributed by atoms with Gasteiger partial charge in [0.1, 0.15) is 0 Å². The van der Waals surface area contributed by atoms with Crippen molar-refractivity contribution >= 4 is 11.3 Å². The van der Waals surface area contributed by atoms with Crippen molar-refractivity contribution in [3.63, 3.8) is 0 Å². The summed E-state index contributed by atoms with van der Waals surface area (Å²) >= 11 is 1.91. The van der Waals surface area contributed by atoms with Crippen LogP contribution in [0.15, 0.2) is 17.5 Å². The van der Waals surface area contributed by atoms with E-state index in [0.29, 0.717) is 6.04 Å². The molecule has 1 saturated carbocycles. The highest BCUT2D eigenvalue weighted by Gasteiger charge is 2.26. The Labute approximate surface area is 103 Å². The molecular formula is C14H23NS. The fourth-order valence-corrected chi connectivity index (χ4v) is 3.51. The molecule has 0 aromatic carbocycles. The van der Waals surface area contributed by atoms with Gasteiger partial charge < -0.3 is 5.32 Å². The molecular weight excluding hydrogens is 214 g/mol. The van der Waals surface area contributed by atoms with Crippen LogP contribution in [-0.4, -0.2) is 6.54 Å². The van der Waals surface area contributed by atoms with Crippen molar-refractivity contribution in [1.29, 1.82) is 0 Å². The maximum absolute atomic E-state index is 3.77. The SMILES string of the molecule is CC(C)CNC(c1cccs1)C1CCCC1. The van der Waals surface area contributed by atoms with Gasteiger partial charge in [0.05, 0.1) is 0 Å². The first-order valence-corrected chi connectivity index (χ1v) is 7.42. The first-order chi connectivity index (χ1) is 7.77. The van der Waals surface area contributed by atoms with Gasteiger partial charge in [0.25, 0.3) is 0 Å². The smallest absolute Gasteiger partial charge is 0.0443 e. The Balaban J connectivity index is 2.00. The third-order valence-electron chi connectivity index (χ3n) is 3.47. The molecule has 1 unspecified atom stereocenters. The minimum absolute atomic E-state index is 0.616. The molecule has 2 heteroatoms. The Bertz CT molecular complexity index is 286. The number of thiophene rings is 1. The van der Waals surface area contributed by atoms with E-state index in [1.165, 1.54) is 30.6 Å². The molecule has 2 rings (SSSR count). The van der Waals surface area contributed by atoms with Crippen molar-refractivity contribution in [1.82, 2.24) is 5.32 Å². The van der Waals surface area contributed by atoms with Gasteiger partial charge in [-0.1, -0.05) is 32.8 Å². The average Bonchev–Trinajstić information content (AvgIpc) is 2.88. The average molecular weight is 237 g/mol. The summed E-state index contributed by atoms with van der Waals surface area (Å²) < 4.78 is 0. The molecule has 1 fully saturated rings. The lowest BCUT2D eigenvalue weighted by atomic mass is 9.96. The van der Waals surface area contributed by atoms with Gasteiger partial charge in [-0.25, -0.2) is 0 Å². The molecule has 1 nitrogen and oxygen atoms in total. The Morgan fingerprint density at radius 3 is 2.69 bits per heavy atom. The zero-order valence-corrected chi connectivity index (χ0v) is 11.2. The molecule has 1 aliphatic carbocycles. The van der Waals surface area contributed by atoms with E-state index in [9.17, 15) is 0 Å². The molecule has 16 heavy (non-hydrogen) atoms. The van der Waals surface area contributed by atoms with Gasteiger partial charge in [0.15, 0.2) is 0 Å². The molecule has 0 saturated heterocycles. The minimum Gasteiger partial charge on any atom is -0.309 e. The summed E-state index contributed by atoms with van der Waals surface area (Å²) in [5.41, 5.74) is 0.